The van der Waals surface area contributed by atoms with Crippen LogP contribution >= 0.6 is 0 Å². The monoisotopic (exact) mass is 252 g/mol. The molecule has 0 aromatic heterocycles. The summed E-state index contributed by atoms with van der Waals surface area (Å²) in [5, 5.41) is 0. The molecule has 0 spiro atoms. The van der Waals surface area contributed by atoms with Crippen molar-refractivity contribution in [1.82, 2.24) is 5.43 Å². The van der Waals surface area contributed by atoms with Crippen LogP contribution in [0.15, 0.2) is 73.3 Å². The van der Waals surface area contributed by atoms with Crippen LogP contribution in [0.2, 0.25) is 0 Å². The molecule has 1 unspecified atom stereocenters. The van der Waals surface area contributed by atoms with Crippen molar-refractivity contribution in [2.45, 2.75) is 18.9 Å². The lowest BCUT2D eigenvalue weighted by molar-refractivity contribution is 0.561. The maximum Gasteiger partial charge on any atom is 0.0487 e. The maximum atomic E-state index is 3.83. The van der Waals surface area contributed by atoms with Gasteiger partial charge in [-0.3, -0.25) is 0 Å². The Hall–Kier alpha value is -2.06. The number of hydrogen-bond acceptors (Lipinski definition) is 2. The first-order chi connectivity index (χ1) is 9.38. The number of rotatable bonds is 7. The van der Waals surface area contributed by atoms with E-state index in [4.69, 9.17) is 0 Å². The van der Waals surface area contributed by atoms with Gasteiger partial charge in [0.1, 0.15) is 0 Å². The summed E-state index contributed by atoms with van der Waals surface area (Å²) in [4.78, 5) is 0. The van der Waals surface area contributed by atoms with E-state index >= 15 is 0 Å². The molecule has 1 atom stereocenters. The third-order valence-electron chi connectivity index (χ3n) is 2.97. The van der Waals surface area contributed by atoms with Gasteiger partial charge in [0.05, 0.1) is 0 Å². The molecular weight excluding hydrogens is 232 g/mol. The number of para-hydroxylation sites is 1. The first-order valence-electron chi connectivity index (χ1n) is 6.60. The lowest BCUT2D eigenvalue weighted by atomic mass is 10.0. The molecule has 2 rings (SSSR count). The zero-order valence-electron chi connectivity index (χ0n) is 11.0. The number of hydrazine groups is 1. The van der Waals surface area contributed by atoms with E-state index in [-0.39, 0.29) is 0 Å². The summed E-state index contributed by atoms with van der Waals surface area (Å²) in [5.74, 6) is 0. The minimum Gasteiger partial charge on any atom is -0.321 e. The van der Waals surface area contributed by atoms with E-state index in [2.05, 4.69) is 41.7 Å². The van der Waals surface area contributed by atoms with Gasteiger partial charge in [-0.2, -0.15) is 0 Å². The van der Waals surface area contributed by atoms with E-state index in [0.717, 1.165) is 18.5 Å². The number of nitrogens with one attached hydrogen (secondary N) is 2. The standard InChI is InChI=1S/C17H20N2/c1-2-9-17(14-15-10-5-3-6-11-15)19-18-16-12-7-4-8-13-16/h2-8,10-13,17-19H,1,9,14H2. The summed E-state index contributed by atoms with van der Waals surface area (Å²) < 4.78 is 0. The molecule has 0 heterocycles. The molecule has 2 nitrogen and oxygen atoms in total. The molecule has 0 aliphatic rings. The first kappa shape index (κ1) is 13.4. The SMILES string of the molecule is C=CCC(Cc1ccccc1)NNc1ccccc1. The zero-order valence-corrected chi connectivity index (χ0v) is 11.0. The third kappa shape index (κ3) is 4.60. The van der Waals surface area contributed by atoms with Crippen molar-refractivity contribution in [3.63, 3.8) is 0 Å². The molecular formula is C17H20N2. The predicted molar refractivity (Wildman–Crippen MR) is 81.9 cm³/mol. The Morgan fingerprint density at radius 2 is 1.58 bits per heavy atom. The van der Waals surface area contributed by atoms with Crippen molar-refractivity contribution in [3.8, 4) is 0 Å². The quantitative estimate of drug-likeness (QED) is 0.578. The van der Waals surface area contributed by atoms with Gasteiger partial charge in [-0.1, -0.05) is 54.6 Å². The Morgan fingerprint density at radius 1 is 0.947 bits per heavy atom. The van der Waals surface area contributed by atoms with Crippen LogP contribution in [-0.4, -0.2) is 6.04 Å². The Kier molecular flexibility index (Phi) is 5.20. The second-order valence-corrected chi connectivity index (χ2v) is 4.55. The summed E-state index contributed by atoms with van der Waals surface area (Å²) in [5.41, 5.74) is 9.02. The lowest BCUT2D eigenvalue weighted by Crippen LogP contribution is -2.35. The van der Waals surface area contributed by atoms with Crippen LogP contribution in [0.1, 0.15) is 12.0 Å². The van der Waals surface area contributed by atoms with Crippen LogP contribution in [0, 0.1) is 0 Å². The van der Waals surface area contributed by atoms with E-state index in [0.29, 0.717) is 6.04 Å². The molecule has 2 N–H and O–H groups in total. The Labute approximate surface area is 115 Å². The molecule has 2 aromatic carbocycles. The fourth-order valence-corrected chi connectivity index (χ4v) is 2.00. The molecule has 19 heavy (non-hydrogen) atoms. The molecule has 98 valence electrons. The van der Waals surface area contributed by atoms with Gasteiger partial charge in [0, 0.05) is 11.7 Å². The molecule has 0 aliphatic carbocycles. The minimum atomic E-state index is 0.333. The van der Waals surface area contributed by atoms with E-state index in [1.165, 1.54) is 5.56 Å². The highest BCUT2D eigenvalue weighted by atomic mass is 15.4. The van der Waals surface area contributed by atoms with Crippen LogP contribution in [0.3, 0.4) is 0 Å². The fraction of sp³-hybridized carbons (Fsp3) is 0.176. The van der Waals surface area contributed by atoms with Gasteiger partial charge in [0.15, 0.2) is 0 Å². The van der Waals surface area contributed by atoms with E-state index < -0.39 is 0 Å². The van der Waals surface area contributed by atoms with Gasteiger partial charge in [-0.05, 0) is 30.5 Å². The van der Waals surface area contributed by atoms with E-state index in [9.17, 15) is 0 Å². The molecule has 0 saturated carbocycles. The van der Waals surface area contributed by atoms with Gasteiger partial charge in [0.25, 0.3) is 0 Å². The van der Waals surface area contributed by atoms with Crippen LogP contribution in [0.5, 0.6) is 0 Å². The highest BCUT2D eigenvalue weighted by Gasteiger charge is 2.07. The highest BCUT2D eigenvalue weighted by Crippen LogP contribution is 2.08. The number of anilines is 1. The summed E-state index contributed by atoms with van der Waals surface area (Å²) in [6.07, 6.45) is 3.86. The van der Waals surface area contributed by atoms with Gasteiger partial charge in [0.2, 0.25) is 0 Å². The van der Waals surface area contributed by atoms with Gasteiger partial charge < -0.3 is 5.43 Å². The normalized spacial score (nSPS) is 11.8. The summed E-state index contributed by atoms with van der Waals surface area (Å²) in [6.45, 7) is 3.83. The smallest absolute Gasteiger partial charge is 0.0487 e. The Bertz CT molecular complexity index is 479. The summed E-state index contributed by atoms with van der Waals surface area (Å²) in [7, 11) is 0. The topological polar surface area (TPSA) is 24.1 Å². The minimum absolute atomic E-state index is 0.333. The molecule has 0 saturated heterocycles. The van der Waals surface area contributed by atoms with Crippen molar-refractivity contribution in [2.75, 3.05) is 5.43 Å². The first-order valence-corrected chi connectivity index (χ1v) is 6.60. The second kappa shape index (κ2) is 7.39. The van der Waals surface area contributed by atoms with Crippen molar-refractivity contribution >= 4 is 5.69 Å². The van der Waals surface area contributed by atoms with Crippen LogP contribution < -0.4 is 10.9 Å². The number of benzene rings is 2. The van der Waals surface area contributed by atoms with Gasteiger partial charge >= 0.3 is 0 Å². The van der Waals surface area contributed by atoms with Gasteiger partial charge in [-0.15, -0.1) is 6.58 Å². The fourth-order valence-electron chi connectivity index (χ4n) is 2.00. The Morgan fingerprint density at radius 3 is 2.21 bits per heavy atom. The third-order valence-corrected chi connectivity index (χ3v) is 2.97. The summed E-state index contributed by atoms with van der Waals surface area (Å²) in [6, 6.07) is 21.0. The molecule has 0 bridgehead atoms. The largest absolute Gasteiger partial charge is 0.321 e. The van der Waals surface area contributed by atoms with Crippen LogP contribution in [-0.2, 0) is 6.42 Å². The van der Waals surface area contributed by atoms with Crippen molar-refractivity contribution in [2.24, 2.45) is 0 Å². The summed E-state index contributed by atoms with van der Waals surface area (Å²) >= 11 is 0. The zero-order chi connectivity index (χ0) is 13.3. The van der Waals surface area contributed by atoms with Crippen LogP contribution in [0.25, 0.3) is 0 Å². The molecule has 0 amide bonds. The average Bonchev–Trinajstić information content (AvgIpc) is 2.47. The molecule has 2 aromatic rings. The molecule has 0 aliphatic heterocycles. The lowest BCUT2D eigenvalue weighted by Gasteiger charge is -2.18. The van der Waals surface area contributed by atoms with E-state index in [1.54, 1.807) is 0 Å². The molecule has 0 fully saturated rings. The Balaban J connectivity index is 1.91. The predicted octanol–water partition coefficient (Wildman–Crippen LogP) is 3.79. The number of hydrogen-bond donors (Lipinski definition) is 2. The van der Waals surface area contributed by atoms with Gasteiger partial charge in [-0.25, -0.2) is 5.43 Å². The maximum absolute atomic E-state index is 3.83. The molecule has 0 radical (unpaired) electrons. The van der Waals surface area contributed by atoms with Crippen LogP contribution in [0.4, 0.5) is 5.69 Å². The van der Waals surface area contributed by atoms with Crippen molar-refractivity contribution in [1.29, 1.82) is 0 Å². The highest BCUT2D eigenvalue weighted by molar-refractivity contribution is 5.41. The second-order valence-electron chi connectivity index (χ2n) is 4.55. The van der Waals surface area contributed by atoms with E-state index in [1.807, 2.05) is 42.5 Å². The van der Waals surface area contributed by atoms with Crippen molar-refractivity contribution < 1.29 is 0 Å². The average molecular weight is 252 g/mol. The van der Waals surface area contributed by atoms with Crippen molar-refractivity contribution in [3.05, 3.63) is 78.9 Å². The molecule has 2 heteroatoms.